The SMILES string of the molecule is CCOc1cc(C=Nn2c([C@H](C)CC)nc3ccc(Br)cc3c2=O)cc(Cl)c1O[C@@H](C)C(=O)OC. The molecule has 35 heavy (non-hydrogen) atoms. The van der Waals surface area contributed by atoms with Crippen LogP contribution in [-0.4, -0.2) is 41.7 Å². The topological polar surface area (TPSA) is 92.0 Å². The lowest BCUT2D eigenvalue weighted by Gasteiger charge is -2.17. The first kappa shape index (κ1) is 26.7. The van der Waals surface area contributed by atoms with E-state index in [2.05, 4.69) is 21.0 Å². The third-order valence-corrected chi connectivity index (χ3v) is 6.14. The zero-order chi connectivity index (χ0) is 25.7. The Morgan fingerprint density at radius 3 is 2.66 bits per heavy atom. The normalized spacial score (nSPS) is 13.1. The molecule has 0 aliphatic rings. The molecule has 0 saturated carbocycles. The number of ether oxygens (including phenoxy) is 3. The third kappa shape index (κ3) is 6.02. The molecule has 0 aliphatic heterocycles. The number of fused-ring (bicyclic) bond motifs is 1. The quantitative estimate of drug-likeness (QED) is 0.250. The summed E-state index contributed by atoms with van der Waals surface area (Å²) in [5.41, 5.74) is 0.918. The van der Waals surface area contributed by atoms with Crippen LogP contribution in [0.15, 0.2) is 44.7 Å². The molecule has 0 amide bonds. The van der Waals surface area contributed by atoms with Crippen molar-refractivity contribution in [3.05, 3.63) is 61.6 Å². The summed E-state index contributed by atoms with van der Waals surface area (Å²) in [6.45, 7) is 7.75. The number of hydrogen-bond donors (Lipinski definition) is 0. The van der Waals surface area contributed by atoms with Gasteiger partial charge in [0.05, 0.1) is 35.9 Å². The van der Waals surface area contributed by atoms with Gasteiger partial charge in [0.1, 0.15) is 5.82 Å². The zero-order valence-electron chi connectivity index (χ0n) is 20.2. The van der Waals surface area contributed by atoms with Crippen molar-refractivity contribution in [3.63, 3.8) is 0 Å². The maximum atomic E-state index is 13.3. The smallest absolute Gasteiger partial charge is 0.346 e. The summed E-state index contributed by atoms with van der Waals surface area (Å²) in [4.78, 5) is 29.8. The van der Waals surface area contributed by atoms with Crippen LogP contribution in [0.2, 0.25) is 5.02 Å². The van der Waals surface area contributed by atoms with Crippen LogP contribution in [0.25, 0.3) is 10.9 Å². The van der Waals surface area contributed by atoms with E-state index in [1.54, 1.807) is 25.1 Å². The fourth-order valence-electron chi connectivity index (χ4n) is 3.33. The Bertz CT molecular complexity index is 1320. The minimum absolute atomic E-state index is 0.00561. The molecule has 0 N–H and O–H groups in total. The molecule has 3 aromatic rings. The number of methoxy groups -OCH3 is 1. The molecule has 0 aliphatic carbocycles. The van der Waals surface area contributed by atoms with Crippen molar-refractivity contribution in [1.29, 1.82) is 0 Å². The van der Waals surface area contributed by atoms with Crippen molar-refractivity contribution in [2.75, 3.05) is 13.7 Å². The number of carbonyl (C=O) groups is 1. The van der Waals surface area contributed by atoms with E-state index in [1.807, 2.05) is 32.9 Å². The van der Waals surface area contributed by atoms with Crippen LogP contribution in [0, 0.1) is 0 Å². The molecule has 186 valence electrons. The summed E-state index contributed by atoms with van der Waals surface area (Å²) >= 11 is 9.88. The van der Waals surface area contributed by atoms with Gasteiger partial charge in [0, 0.05) is 10.4 Å². The van der Waals surface area contributed by atoms with Gasteiger partial charge in [0.25, 0.3) is 5.56 Å². The highest BCUT2D eigenvalue weighted by Crippen LogP contribution is 2.37. The van der Waals surface area contributed by atoms with Gasteiger partial charge in [-0.05, 0) is 56.2 Å². The van der Waals surface area contributed by atoms with Gasteiger partial charge in [-0.1, -0.05) is 41.4 Å². The molecule has 2 aromatic carbocycles. The first-order valence-electron chi connectivity index (χ1n) is 11.2. The molecule has 3 rings (SSSR count). The summed E-state index contributed by atoms with van der Waals surface area (Å²) in [6.07, 6.45) is 1.42. The second-order valence-corrected chi connectivity index (χ2v) is 9.17. The molecule has 0 fully saturated rings. The van der Waals surface area contributed by atoms with Crippen molar-refractivity contribution in [3.8, 4) is 11.5 Å². The number of benzene rings is 2. The molecular weight excluding hydrogens is 538 g/mol. The first-order valence-corrected chi connectivity index (χ1v) is 12.3. The molecule has 2 atom stereocenters. The van der Waals surface area contributed by atoms with E-state index in [0.29, 0.717) is 34.6 Å². The highest BCUT2D eigenvalue weighted by molar-refractivity contribution is 9.10. The molecular formula is C25H27BrClN3O5. The summed E-state index contributed by atoms with van der Waals surface area (Å²) in [5, 5.41) is 5.15. The molecule has 1 heterocycles. The molecule has 0 radical (unpaired) electrons. The molecule has 0 spiro atoms. The van der Waals surface area contributed by atoms with E-state index in [9.17, 15) is 9.59 Å². The number of esters is 1. The third-order valence-electron chi connectivity index (χ3n) is 5.37. The Morgan fingerprint density at radius 2 is 2.00 bits per heavy atom. The fraction of sp³-hybridized carbons (Fsp3) is 0.360. The predicted molar refractivity (Wildman–Crippen MR) is 140 cm³/mol. The van der Waals surface area contributed by atoms with E-state index in [0.717, 1.165) is 10.9 Å². The lowest BCUT2D eigenvalue weighted by atomic mass is 10.1. The van der Waals surface area contributed by atoms with Crippen molar-refractivity contribution in [2.24, 2.45) is 5.10 Å². The largest absolute Gasteiger partial charge is 0.490 e. The zero-order valence-corrected chi connectivity index (χ0v) is 22.5. The minimum Gasteiger partial charge on any atom is -0.490 e. The number of rotatable bonds is 9. The maximum absolute atomic E-state index is 13.3. The number of aromatic nitrogens is 2. The average molecular weight is 565 g/mol. The number of halogens is 2. The van der Waals surface area contributed by atoms with Gasteiger partial charge in [-0.3, -0.25) is 4.79 Å². The van der Waals surface area contributed by atoms with Crippen molar-refractivity contribution in [2.45, 2.75) is 46.1 Å². The molecule has 1 aromatic heterocycles. The number of hydrogen-bond acceptors (Lipinski definition) is 7. The standard InChI is InChI=1S/C25H27BrClN3O5/c1-6-14(3)23-29-20-9-8-17(26)12-18(20)24(31)30(23)28-13-16-10-19(27)22(21(11-16)34-7-2)35-15(4)25(32)33-5/h8-15H,6-7H2,1-5H3/t14-,15+/m1/s1. The van der Waals surface area contributed by atoms with Gasteiger partial charge < -0.3 is 14.2 Å². The lowest BCUT2D eigenvalue weighted by Crippen LogP contribution is -2.25. The maximum Gasteiger partial charge on any atom is 0.346 e. The molecule has 0 bridgehead atoms. The molecule has 10 heteroatoms. The summed E-state index contributed by atoms with van der Waals surface area (Å²) < 4.78 is 18.2. The highest BCUT2D eigenvalue weighted by atomic mass is 79.9. The van der Waals surface area contributed by atoms with E-state index >= 15 is 0 Å². The van der Waals surface area contributed by atoms with Crippen LogP contribution in [0.5, 0.6) is 11.5 Å². The van der Waals surface area contributed by atoms with Crippen molar-refractivity contribution in [1.82, 2.24) is 9.66 Å². The van der Waals surface area contributed by atoms with Gasteiger partial charge in [-0.15, -0.1) is 0 Å². The number of nitrogens with zero attached hydrogens (tertiary/aromatic N) is 3. The van der Waals surface area contributed by atoms with E-state index in [4.69, 9.17) is 30.8 Å². The van der Waals surface area contributed by atoms with Crippen molar-refractivity contribution < 1.29 is 19.0 Å². The second-order valence-electron chi connectivity index (χ2n) is 7.85. The Labute approximate surface area is 217 Å². The van der Waals surface area contributed by atoms with Gasteiger partial charge >= 0.3 is 5.97 Å². The van der Waals surface area contributed by atoms with Crippen LogP contribution in [-0.2, 0) is 9.53 Å². The van der Waals surface area contributed by atoms with Gasteiger partial charge in [0.15, 0.2) is 17.6 Å². The van der Waals surface area contributed by atoms with Crippen LogP contribution in [0.1, 0.15) is 51.4 Å². The van der Waals surface area contributed by atoms with Crippen LogP contribution < -0.4 is 15.0 Å². The Kier molecular flexibility index (Phi) is 8.91. The molecule has 8 nitrogen and oxygen atoms in total. The first-order chi connectivity index (χ1) is 16.7. The second kappa shape index (κ2) is 11.7. The number of carbonyl (C=O) groups excluding carboxylic acids is 1. The Hall–Kier alpha value is -2.91. The van der Waals surface area contributed by atoms with Crippen molar-refractivity contribution >= 4 is 50.6 Å². The lowest BCUT2D eigenvalue weighted by molar-refractivity contribution is -0.147. The Balaban J connectivity index is 2.09. The summed E-state index contributed by atoms with van der Waals surface area (Å²) in [7, 11) is 1.28. The van der Waals surface area contributed by atoms with E-state index in [-0.39, 0.29) is 22.2 Å². The molecule has 0 saturated heterocycles. The minimum atomic E-state index is -0.879. The van der Waals surface area contributed by atoms with Gasteiger partial charge in [0.2, 0.25) is 0 Å². The summed E-state index contributed by atoms with van der Waals surface area (Å²) in [5.74, 6) is 0.588. The van der Waals surface area contributed by atoms with E-state index < -0.39 is 12.1 Å². The van der Waals surface area contributed by atoms with Gasteiger partial charge in [-0.2, -0.15) is 9.78 Å². The average Bonchev–Trinajstić information content (AvgIpc) is 2.84. The predicted octanol–water partition coefficient (Wildman–Crippen LogP) is 5.55. The monoisotopic (exact) mass is 563 g/mol. The van der Waals surface area contributed by atoms with Crippen LogP contribution in [0.4, 0.5) is 0 Å². The Morgan fingerprint density at radius 1 is 1.26 bits per heavy atom. The fourth-order valence-corrected chi connectivity index (χ4v) is 3.96. The van der Waals surface area contributed by atoms with E-state index in [1.165, 1.54) is 18.0 Å². The van der Waals surface area contributed by atoms with Gasteiger partial charge in [-0.25, -0.2) is 9.78 Å². The molecule has 0 unspecified atom stereocenters. The highest BCUT2D eigenvalue weighted by Gasteiger charge is 2.21. The summed E-state index contributed by atoms with van der Waals surface area (Å²) in [6, 6.07) is 8.69. The van der Waals surface area contributed by atoms with Crippen LogP contribution in [0.3, 0.4) is 0 Å². The van der Waals surface area contributed by atoms with Crippen LogP contribution >= 0.6 is 27.5 Å².